The molecule has 3 rings (SSSR count). The summed E-state index contributed by atoms with van der Waals surface area (Å²) in [6.45, 7) is 5.47. The number of hydrazine groups is 1. The molecule has 2 aromatic rings. The fourth-order valence-corrected chi connectivity index (χ4v) is 3.12. The van der Waals surface area contributed by atoms with Crippen molar-refractivity contribution in [3.63, 3.8) is 0 Å². The zero-order valence-corrected chi connectivity index (χ0v) is 12.8. The molecule has 5 heteroatoms. The van der Waals surface area contributed by atoms with Crippen molar-refractivity contribution >= 4 is 22.6 Å². The lowest BCUT2D eigenvalue weighted by molar-refractivity contribution is -0.00920. The fraction of sp³-hybridized carbons (Fsp3) is 0.353. The summed E-state index contributed by atoms with van der Waals surface area (Å²) in [6.07, 6.45) is -0.874. The van der Waals surface area contributed by atoms with Crippen molar-refractivity contribution in [1.82, 2.24) is 10.0 Å². The first-order valence-corrected chi connectivity index (χ1v) is 7.68. The third-order valence-electron chi connectivity index (χ3n) is 4.23. The molecule has 2 aromatic carbocycles. The standard InChI is InChI=1S/C17H21N3O2/c1-2-20(17(21)22)19-12-10-18(11-13-19)16-9-5-7-14-6-3-4-8-15(14)16/h3-9H,2,10-13H2,1H3,(H,21,22). The second kappa shape index (κ2) is 6.23. The normalized spacial score (nSPS) is 16.0. The molecule has 0 atom stereocenters. The molecule has 0 spiro atoms. The molecule has 0 saturated carbocycles. The van der Waals surface area contributed by atoms with Crippen LogP contribution in [0.25, 0.3) is 10.8 Å². The number of hydrogen-bond donors (Lipinski definition) is 1. The topological polar surface area (TPSA) is 47.0 Å². The zero-order chi connectivity index (χ0) is 15.5. The van der Waals surface area contributed by atoms with Crippen LogP contribution < -0.4 is 4.90 Å². The van der Waals surface area contributed by atoms with Gasteiger partial charge in [-0.2, -0.15) is 0 Å². The van der Waals surface area contributed by atoms with Crippen molar-refractivity contribution in [2.24, 2.45) is 0 Å². The van der Waals surface area contributed by atoms with E-state index in [1.54, 1.807) is 0 Å². The summed E-state index contributed by atoms with van der Waals surface area (Å²) in [5.74, 6) is 0. The van der Waals surface area contributed by atoms with E-state index in [1.807, 2.05) is 11.9 Å². The summed E-state index contributed by atoms with van der Waals surface area (Å²) in [6, 6.07) is 14.7. The molecule has 1 aliphatic heterocycles. The van der Waals surface area contributed by atoms with Gasteiger partial charge in [0.2, 0.25) is 0 Å². The van der Waals surface area contributed by atoms with Gasteiger partial charge in [0.15, 0.2) is 0 Å². The number of amides is 1. The third kappa shape index (κ3) is 2.72. The number of benzene rings is 2. The Hall–Kier alpha value is -2.27. The highest BCUT2D eigenvalue weighted by molar-refractivity contribution is 5.94. The predicted molar refractivity (Wildman–Crippen MR) is 88.1 cm³/mol. The van der Waals surface area contributed by atoms with Gasteiger partial charge in [0.05, 0.1) is 0 Å². The fourth-order valence-electron chi connectivity index (χ4n) is 3.12. The van der Waals surface area contributed by atoms with Crippen LogP contribution in [0.3, 0.4) is 0 Å². The van der Waals surface area contributed by atoms with Crippen molar-refractivity contribution in [2.45, 2.75) is 6.92 Å². The first-order valence-electron chi connectivity index (χ1n) is 7.68. The van der Waals surface area contributed by atoms with Crippen molar-refractivity contribution in [3.8, 4) is 0 Å². The predicted octanol–water partition coefficient (Wildman–Crippen LogP) is 2.88. The number of carbonyl (C=O) groups is 1. The van der Waals surface area contributed by atoms with Crippen molar-refractivity contribution in [3.05, 3.63) is 42.5 Å². The Balaban J connectivity index is 1.77. The van der Waals surface area contributed by atoms with E-state index in [1.165, 1.54) is 21.5 Å². The molecular weight excluding hydrogens is 278 g/mol. The molecule has 1 heterocycles. The lowest BCUT2D eigenvalue weighted by atomic mass is 10.1. The van der Waals surface area contributed by atoms with Gasteiger partial charge >= 0.3 is 6.09 Å². The maximum Gasteiger partial charge on any atom is 0.421 e. The Bertz CT molecular complexity index is 661. The van der Waals surface area contributed by atoms with Crippen LogP contribution in [0.15, 0.2) is 42.5 Å². The van der Waals surface area contributed by atoms with Crippen molar-refractivity contribution in [2.75, 3.05) is 37.6 Å². The van der Waals surface area contributed by atoms with E-state index in [2.05, 4.69) is 47.4 Å². The molecule has 0 radical (unpaired) electrons. The summed E-state index contributed by atoms with van der Waals surface area (Å²) in [5.41, 5.74) is 1.23. The Kier molecular flexibility index (Phi) is 4.15. The summed E-state index contributed by atoms with van der Waals surface area (Å²) < 4.78 is 0. The number of nitrogens with zero attached hydrogens (tertiary/aromatic N) is 3. The molecule has 0 aliphatic carbocycles. The van der Waals surface area contributed by atoms with Gasteiger partial charge in [-0.3, -0.25) is 0 Å². The highest BCUT2D eigenvalue weighted by Crippen LogP contribution is 2.27. The Labute approximate surface area is 130 Å². The molecule has 1 amide bonds. The SMILES string of the molecule is CCN(C(=O)O)N1CCN(c2cccc3ccccc23)CC1. The Morgan fingerprint density at radius 2 is 1.77 bits per heavy atom. The molecule has 5 nitrogen and oxygen atoms in total. The largest absolute Gasteiger partial charge is 0.464 e. The maximum absolute atomic E-state index is 11.2. The van der Waals surface area contributed by atoms with E-state index in [-0.39, 0.29) is 0 Å². The molecule has 116 valence electrons. The third-order valence-corrected chi connectivity index (χ3v) is 4.23. The molecule has 1 fully saturated rings. The van der Waals surface area contributed by atoms with Gasteiger partial charge in [0.25, 0.3) is 0 Å². The lowest BCUT2D eigenvalue weighted by Gasteiger charge is -2.40. The lowest BCUT2D eigenvalue weighted by Crippen LogP contribution is -2.55. The molecule has 1 N–H and O–H groups in total. The minimum atomic E-state index is -0.874. The monoisotopic (exact) mass is 299 g/mol. The van der Waals surface area contributed by atoms with Crippen LogP contribution in [-0.4, -0.2) is 53.9 Å². The smallest absolute Gasteiger partial charge is 0.421 e. The van der Waals surface area contributed by atoms with E-state index in [9.17, 15) is 9.90 Å². The highest BCUT2D eigenvalue weighted by atomic mass is 16.4. The molecular formula is C17H21N3O2. The molecule has 1 aliphatic rings. The molecule has 22 heavy (non-hydrogen) atoms. The van der Waals surface area contributed by atoms with Gasteiger partial charge in [-0.15, -0.1) is 0 Å². The van der Waals surface area contributed by atoms with E-state index >= 15 is 0 Å². The second-order valence-corrected chi connectivity index (χ2v) is 5.44. The Morgan fingerprint density at radius 1 is 1.09 bits per heavy atom. The molecule has 0 unspecified atom stereocenters. The average Bonchev–Trinajstić information content (AvgIpc) is 2.55. The van der Waals surface area contributed by atoms with Crippen LogP contribution in [0, 0.1) is 0 Å². The van der Waals surface area contributed by atoms with Gasteiger partial charge in [0.1, 0.15) is 0 Å². The minimum absolute atomic E-state index is 0.490. The van der Waals surface area contributed by atoms with Crippen LogP contribution in [-0.2, 0) is 0 Å². The van der Waals surface area contributed by atoms with Crippen molar-refractivity contribution < 1.29 is 9.90 Å². The summed E-state index contributed by atoms with van der Waals surface area (Å²) in [5, 5.41) is 15.0. The number of fused-ring (bicyclic) bond motifs is 1. The number of piperazine rings is 1. The first kappa shape index (κ1) is 14.7. The summed E-state index contributed by atoms with van der Waals surface area (Å²) >= 11 is 0. The molecule has 0 bridgehead atoms. The molecule has 0 aromatic heterocycles. The van der Waals surface area contributed by atoms with Gasteiger partial charge < -0.3 is 10.0 Å². The highest BCUT2D eigenvalue weighted by Gasteiger charge is 2.24. The van der Waals surface area contributed by atoms with Gasteiger partial charge in [-0.05, 0) is 18.4 Å². The van der Waals surface area contributed by atoms with Crippen LogP contribution in [0.4, 0.5) is 10.5 Å². The van der Waals surface area contributed by atoms with Crippen LogP contribution in [0.5, 0.6) is 0 Å². The van der Waals surface area contributed by atoms with E-state index in [4.69, 9.17) is 0 Å². The van der Waals surface area contributed by atoms with E-state index in [0.29, 0.717) is 6.54 Å². The summed E-state index contributed by atoms with van der Waals surface area (Å²) in [7, 11) is 0. The van der Waals surface area contributed by atoms with E-state index in [0.717, 1.165) is 26.2 Å². The number of hydrogen-bond acceptors (Lipinski definition) is 3. The number of anilines is 1. The van der Waals surface area contributed by atoms with Gasteiger partial charge in [-0.25, -0.2) is 14.8 Å². The van der Waals surface area contributed by atoms with Crippen LogP contribution >= 0.6 is 0 Å². The van der Waals surface area contributed by atoms with Crippen molar-refractivity contribution in [1.29, 1.82) is 0 Å². The van der Waals surface area contributed by atoms with Gasteiger partial charge in [-0.1, -0.05) is 36.4 Å². The number of carboxylic acid groups (broad SMARTS) is 1. The molecule has 1 saturated heterocycles. The average molecular weight is 299 g/mol. The van der Waals surface area contributed by atoms with Gasteiger partial charge in [0, 0.05) is 43.8 Å². The second-order valence-electron chi connectivity index (χ2n) is 5.44. The Morgan fingerprint density at radius 3 is 2.45 bits per heavy atom. The summed E-state index contributed by atoms with van der Waals surface area (Å²) in [4.78, 5) is 13.6. The first-order chi connectivity index (χ1) is 10.7. The maximum atomic E-state index is 11.2. The van der Waals surface area contributed by atoms with Crippen LogP contribution in [0.2, 0.25) is 0 Å². The van der Waals surface area contributed by atoms with Crippen LogP contribution in [0.1, 0.15) is 6.92 Å². The zero-order valence-electron chi connectivity index (χ0n) is 12.8. The minimum Gasteiger partial charge on any atom is -0.464 e. The quantitative estimate of drug-likeness (QED) is 0.946. The van der Waals surface area contributed by atoms with E-state index < -0.39 is 6.09 Å². The number of rotatable bonds is 3.